The first-order chi connectivity index (χ1) is 10.2. The Balaban J connectivity index is 1.67. The molecule has 120 valence electrons. The molecule has 21 heavy (non-hydrogen) atoms. The Kier molecular flexibility index (Phi) is 4.85. The Morgan fingerprint density at radius 2 is 1.86 bits per heavy atom. The number of hydrogen-bond donors (Lipinski definition) is 1. The molecule has 0 spiro atoms. The van der Waals surface area contributed by atoms with Crippen molar-refractivity contribution >= 4 is 5.91 Å². The summed E-state index contributed by atoms with van der Waals surface area (Å²) in [6.07, 6.45) is 9.10. The van der Waals surface area contributed by atoms with E-state index in [1.165, 1.54) is 51.6 Å². The number of rotatable bonds is 5. The van der Waals surface area contributed by atoms with Gasteiger partial charge in [0, 0.05) is 12.6 Å². The molecule has 0 radical (unpaired) electrons. The minimum atomic E-state index is 0.0568. The van der Waals surface area contributed by atoms with Crippen molar-refractivity contribution in [1.29, 1.82) is 0 Å². The zero-order chi connectivity index (χ0) is 14.8. The number of hydrogen-bond acceptors (Lipinski definition) is 3. The van der Waals surface area contributed by atoms with Crippen LogP contribution in [0.2, 0.25) is 0 Å². The number of nitrogens with zero attached hydrogens (tertiary/aromatic N) is 2. The zero-order valence-electron chi connectivity index (χ0n) is 13.7. The van der Waals surface area contributed by atoms with Crippen LogP contribution in [0.5, 0.6) is 0 Å². The van der Waals surface area contributed by atoms with Crippen LogP contribution in [-0.2, 0) is 4.79 Å². The van der Waals surface area contributed by atoms with Crippen molar-refractivity contribution in [2.24, 2.45) is 5.92 Å². The minimum absolute atomic E-state index is 0.0568. The molecule has 3 unspecified atom stereocenters. The lowest BCUT2D eigenvalue weighted by atomic mass is 10.0. The van der Waals surface area contributed by atoms with Crippen molar-refractivity contribution in [3.8, 4) is 0 Å². The van der Waals surface area contributed by atoms with Crippen LogP contribution in [0.4, 0.5) is 0 Å². The summed E-state index contributed by atoms with van der Waals surface area (Å²) >= 11 is 0. The smallest absolute Gasteiger partial charge is 0.241 e. The van der Waals surface area contributed by atoms with Gasteiger partial charge in [0.25, 0.3) is 0 Å². The van der Waals surface area contributed by atoms with Gasteiger partial charge in [0.15, 0.2) is 0 Å². The lowest BCUT2D eigenvalue weighted by Gasteiger charge is -2.34. The van der Waals surface area contributed by atoms with Crippen LogP contribution in [0.15, 0.2) is 0 Å². The molecule has 1 amide bonds. The maximum absolute atomic E-state index is 12.7. The summed E-state index contributed by atoms with van der Waals surface area (Å²) in [5, 5.41) is 3.64. The van der Waals surface area contributed by atoms with Crippen LogP contribution in [-0.4, -0.2) is 53.6 Å². The van der Waals surface area contributed by atoms with Gasteiger partial charge >= 0.3 is 0 Å². The fourth-order valence-corrected chi connectivity index (χ4v) is 4.45. The third-order valence-corrected chi connectivity index (χ3v) is 5.77. The number of nitrogens with one attached hydrogen (secondary N) is 1. The number of amides is 1. The Morgan fingerprint density at radius 1 is 1.19 bits per heavy atom. The lowest BCUT2D eigenvalue weighted by molar-refractivity contribution is -0.131. The molecule has 3 aliphatic rings. The van der Waals surface area contributed by atoms with Gasteiger partial charge in [0.2, 0.25) is 5.91 Å². The van der Waals surface area contributed by atoms with Gasteiger partial charge in [0.1, 0.15) is 0 Å². The van der Waals surface area contributed by atoms with Crippen molar-refractivity contribution in [2.75, 3.05) is 19.6 Å². The summed E-state index contributed by atoms with van der Waals surface area (Å²) in [6.45, 7) is 7.74. The Bertz CT molecular complexity index is 361. The van der Waals surface area contributed by atoms with E-state index in [0.717, 1.165) is 13.0 Å². The summed E-state index contributed by atoms with van der Waals surface area (Å²) in [7, 11) is 0. The Labute approximate surface area is 129 Å². The van der Waals surface area contributed by atoms with Crippen LogP contribution in [0.25, 0.3) is 0 Å². The van der Waals surface area contributed by atoms with E-state index in [0.29, 0.717) is 24.0 Å². The molecule has 0 aromatic heterocycles. The highest BCUT2D eigenvalue weighted by atomic mass is 16.2. The van der Waals surface area contributed by atoms with Crippen LogP contribution in [0.3, 0.4) is 0 Å². The van der Waals surface area contributed by atoms with Gasteiger partial charge in [-0.1, -0.05) is 19.8 Å². The van der Waals surface area contributed by atoms with Gasteiger partial charge in [-0.15, -0.1) is 0 Å². The molecular formula is C17H31N3O. The molecule has 1 N–H and O–H groups in total. The molecule has 2 aliphatic heterocycles. The van der Waals surface area contributed by atoms with E-state index >= 15 is 0 Å². The molecule has 1 saturated carbocycles. The fourth-order valence-electron chi connectivity index (χ4n) is 4.45. The SMILES string of the molecule is CCC1NC(C2CCCC2)N(CC(C)N2CCCC2)C1=O. The third kappa shape index (κ3) is 3.11. The largest absolute Gasteiger partial charge is 0.324 e. The molecule has 0 bridgehead atoms. The predicted molar refractivity (Wildman–Crippen MR) is 84.9 cm³/mol. The van der Waals surface area contributed by atoms with E-state index in [1.807, 2.05) is 0 Å². The number of carbonyl (C=O) groups is 1. The minimum Gasteiger partial charge on any atom is -0.324 e. The van der Waals surface area contributed by atoms with Crippen LogP contribution in [0, 0.1) is 5.92 Å². The Hall–Kier alpha value is -0.610. The molecule has 2 saturated heterocycles. The molecule has 4 nitrogen and oxygen atoms in total. The van der Waals surface area contributed by atoms with Gasteiger partial charge in [-0.2, -0.15) is 0 Å². The van der Waals surface area contributed by atoms with Gasteiger partial charge in [-0.25, -0.2) is 0 Å². The third-order valence-electron chi connectivity index (χ3n) is 5.77. The summed E-state index contributed by atoms with van der Waals surface area (Å²) < 4.78 is 0. The standard InChI is InChI=1S/C17H31N3O/c1-3-15-17(21)20(12-13(2)19-10-6-7-11-19)16(18-15)14-8-4-5-9-14/h13-16,18H,3-12H2,1-2H3. The monoisotopic (exact) mass is 293 g/mol. The zero-order valence-corrected chi connectivity index (χ0v) is 13.7. The quantitative estimate of drug-likeness (QED) is 0.844. The Morgan fingerprint density at radius 3 is 2.48 bits per heavy atom. The molecule has 3 fully saturated rings. The highest BCUT2D eigenvalue weighted by molar-refractivity contribution is 5.84. The summed E-state index contributed by atoms with van der Waals surface area (Å²) in [5.41, 5.74) is 0. The van der Waals surface area contributed by atoms with Crippen molar-refractivity contribution in [1.82, 2.24) is 15.1 Å². The van der Waals surface area contributed by atoms with Gasteiger partial charge in [-0.3, -0.25) is 15.0 Å². The van der Waals surface area contributed by atoms with Crippen molar-refractivity contribution in [3.05, 3.63) is 0 Å². The van der Waals surface area contributed by atoms with E-state index in [-0.39, 0.29) is 6.04 Å². The van der Waals surface area contributed by atoms with Gasteiger partial charge < -0.3 is 4.90 Å². The lowest BCUT2D eigenvalue weighted by Crippen LogP contribution is -2.48. The maximum atomic E-state index is 12.7. The topological polar surface area (TPSA) is 35.6 Å². The normalized spacial score (nSPS) is 33.2. The van der Waals surface area contributed by atoms with Crippen molar-refractivity contribution in [3.63, 3.8) is 0 Å². The fraction of sp³-hybridized carbons (Fsp3) is 0.941. The summed E-state index contributed by atoms with van der Waals surface area (Å²) in [5.74, 6) is 1.02. The first-order valence-electron chi connectivity index (χ1n) is 9.01. The van der Waals surface area contributed by atoms with E-state index in [9.17, 15) is 4.79 Å². The first kappa shape index (κ1) is 15.3. The van der Waals surface area contributed by atoms with Crippen molar-refractivity contribution < 1.29 is 4.79 Å². The molecule has 3 rings (SSSR count). The number of carbonyl (C=O) groups excluding carboxylic acids is 1. The maximum Gasteiger partial charge on any atom is 0.241 e. The molecule has 3 atom stereocenters. The van der Waals surface area contributed by atoms with Crippen LogP contribution < -0.4 is 5.32 Å². The number of likely N-dealkylation sites (tertiary alicyclic amines) is 1. The van der Waals surface area contributed by atoms with E-state index in [2.05, 4.69) is 29.0 Å². The molecule has 2 heterocycles. The second-order valence-corrected chi connectivity index (χ2v) is 7.20. The average Bonchev–Trinajstić information content (AvgIpc) is 3.20. The molecule has 0 aromatic carbocycles. The van der Waals surface area contributed by atoms with Gasteiger partial charge in [0.05, 0.1) is 12.2 Å². The molecule has 1 aliphatic carbocycles. The van der Waals surface area contributed by atoms with Crippen molar-refractivity contribution in [2.45, 2.75) is 77.0 Å². The average molecular weight is 293 g/mol. The first-order valence-corrected chi connectivity index (χ1v) is 9.01. The van der Waals surface area contributed by atoms with Crippen LogP contribution in [0.1, 0.15) is 58.8 Å². The highest BCUT2D eigenvalue weighted by Gasteiger charge is 2.43. The summed E-state index contributed by atoms with van der Waals surface area (Å²) in [4.78, 5) is 17.4. The second kappa shape index (κ2) is 6.66. The molecular weight excluding hydrogens is 262 g/mol. The van der Waals surface area contributed by atoms with E-state index < -0.39 is 0 Å². The molecule has 0 aromatic rings. The highest BCUT2D eigenvalue weighted by Crippen LogP contribution is 2.32. The molecule has 4 heteroatoms. The summed E-state index contributed by atoms with van der Waals surface area (Å²) in [6, 6.07) is 0.555. The van der Waals surface area contributed by atoms with Gasteiger partial charge in [-0.05, 0) is 58.0 Å². The van der Waals surface area contributed by atoms with E-state index in [4.69, 9.17) is 0 Å². The van der Waals surface area contributed by atoms with Crippen LogP contribution >= 0.6 is 0 Å². The predicted octanol–water partition coefficient (Wildman–Crippen LogP) is 2.20. The van der Waals surface area contributed by atoms with E-state index in [1.54, 1.807) is 0 Å². The second-order valence-electron chi connectivity index (χ2n) is 7.20.